The second-order valence-electron chi connectivity index (χ2n) is 13.6. The summed E-state index contributed by atoms with van der Waals surface area (Å²) >= 11 is 0. The van der Waals surface area contributed by atoms with Crippen molar-refractivity contribution in [1.82, 2.24) is 15.1 Å². The molecule has 1 heterocycles. The number of nitrogens with zero attached hydrogens (tertiary/aromatic N) is 2. The van der Waals surface area contributed by atoms with Gasteiger partial charge in [0.2, 0.25) is 11.8 Å². The molecule has 0 bridgehead atoms. The van der Waals surface area contributed by atoms with Crippen LogP contribution in [0.25, 0.3) is 0 Å². The molecule has 276 valence electrons. The van der Waals surface area contributed by atoms with Crippen molar-refractivity contribution in [3.05, 3.63) is 71.8 Å². The maximum absolute atomic E-state index is 14.0. The van der Waals surface area contributed by atoms with Gasteiger partial charge in [0, 0.05) is 27.8 Å². The van der Waals surface area contributed by atoms with Crippen LogP contribution in [0.5, 0.6) is 0 Å². The number of methoxy groups -OCH3 is 2. The van der Waals surface area contributed by atoms with Crippen molar-refractivity contribution in [3.8, 4) is 0 Å². The Morgan fingerprint density at radius 1 is 0.880 bits per heavy atom. The molecule has 2 aromatic rings. The van der Waals surface area contributed by atoms with E-state index in [9.17, 15) is 19.2 Å². The summed E-state index contributed by atoms with van der Waals surface area (Å²) < 4.78 is 22.8. The van der Waals surface area contributed by atoms with E-state index in [0.29, 0.717) is 13.0 Å². The van der Waals surface area contributed by atoms with E-state index in [1.165, 1.54) is 0 Å². The van der Waals surface area contributed by atoms with E-state index < -0.39 is 36.3 Å². The lowest BCUT2D eigenvalue weighted by Crippen LogP contribution is -2.57. The first-order chi connectivity index (χ1) is 23.9. The van der Waals surface area contributed by atoms with Gasteiger partial charge in [-0.3, -0.25) is 14.4 Å². The van der Waals surface area contributed by atoms with E-state index in [-0.39, 0.29) is 55.3 Å². The number of alkyl carbamates (subject to hydrolysis) is 1. The van der Waals surface area contributed by atoms with Gasteiger partial charge < -0.3 is 34.1 Å². The highest BCUT2D eigenvalue weighted by molar-refractivity contribution is 5.86. The monoisotopic (exact) mass is 695 g/mol. The van der Waals surface area contributed by atoms with Gasteiger partial charge in [-0.1, -0.05) is 94.8 Å². The summed E-state index contributed by atoms with van der Waals surface area (Å²) in [5.74, 6) is -1.67. The predicted octanol–water partition coefficient (Wildman–Crippen LogP) is 5.60. The summed E-state index contributed by atoms with van der Waals surface area (Å²) in [6, 6.07) is 17.2. The minimum atomic E-state index is -0.850. The summed E-state index contributed by atoms with van der Waals surface area (Å²) in [5.41, 5.74) is 1.73. The van der Waals surface area contributed by atoms with E-state index in [4.69, 9.17) is 18.9 Å². The van der Waals surface area contributed by atoms with Crippen molar-refractivity contribution in [1.29, 1.82) is 0 Å². The zero-order valence-electron chi connectivity index (χ0n) is 31.0. The molecule has 7 atom stereocenters. The highest BCUT2D eigenvalue weighted by atomic mass is 16.5. The predicted molar refractivity (Wildman–Crippen MR) is 191 cm³/mol. The fraction of sp³-hybridized carbons (Fsp3) is 0.590. The van der Waals surface area contributed by atoms with Crippen LogP contribution in [0.2, 0.25) is 0 Å². The number of hydrogen-bond acceptors (Lipinski definition) is 8. The maximum Gasteiger partial charge on any atom is 0.408 e. The molecule has 3 rings (SSSR count). The molecule has 0 aromatic heterocycles. The Labute approximate surface area is 298 Å². The van der Waals surface area contributed by atoms with Crippen LogP contribution in [0.4, 0.5) is 4.79 Å². The van der Waals surface area contributed by atoms with Crippen molar-refractivity contribution in [2.75, 3.05) is 27.8 Å². The van der Waals surface area contributed by atoms with E-state index in [0.717, 1.165) is 24.0 Å². The normalized spacial score (nSPS) is 18.0. The van der Waals surface area contributed by atoms with E-state index >= 15 is 0 Å². The summed E-state index contributed by atoms with van der Waals surface area (Å²) in [6.45, 7) is 10.3. The number of carbonyl (C=O) groups is 4. The molecular weight excluding hydrogens is 638 g/mol. The van der Waals surface area contributed by atoms with Crippen LogP contribution >= 0.6 is 0 Å². The Morgan fingerprint density at radius 3 is 1.98 bits per heavy atom. The van der Waals surface area contributed by atoms with Gasteiger partial charge in [-0.05, 0) is 42.7 Å². The lowest BCUT2D eigenvalue weighted by Gasteiger charge is -2.40. The van der Waals surface area contributed by atoms with Crippen LogP contribution in [0, 0.1) is 17.8 Å². The van der Waals surface area contributed by atoms with Crippen LogP contribution in [0.15, 0.2) is 60.7 Å². The third-order valence-electron chi connectivity index (χ3n) is 9.86. The van der Waals surface area contributed by atoms with E-state index in [2.05, 4.69) is 5.32 Å². The molecular formula is C39H57N3O8. The molecule has 0 unspecified atom stereocenters. The molecule has 1 aliphatic rings. The fourth-order valence-corrected chi connectivity index (χ4v) is 6.78. The summed E-state index contributed by atoms with van der Waals surface area (Å²) in [4.78, 5) is 57.3. The van der Waals surface area contributed by atoms with Crippen molar-refractivity contribution < 1.29 is 38.1 Å². The van der Waals surface area contributed by atoms with E-state index in [1.807, 2.05) is 88.4 Å². The number of rotatable bonds is 18. The first-order valence-electron chi connectivity index (χ1n) is 17.7. The van der Waals surface area contributed by atoms with Crippen LogP contribution in [-0.2, 0) is 46.5 Å². The average molecular weight is 696 g/mol. The number of likely N-dealkylation sites (tertiary alicyclic amines) is 1. The summed E-state index contributed by atoms with van der Waals surface area (Å²) in [7, 11) is 4.81. The standard InChI is InChI=1S/C39H57N3O8/c1-9-27(4)35(41(6)37(44)34(26(2)3)40-39(46)50-25-30-19-14-11-15-20-30)32(47-7)23-33(43)42-22-16-21-31(42)36(48-8)28(5)38(45)49-24-29-17-12-10-13-18-29/h10-15,17-20,26-28,31-32,34-36H,9,16,21-25H2,1-8H3,(H,40,46)/t27-,28+,31-,32+,34-,35-,36+/m0/s1. The molecule has 0 saturated carbocycles. The maximum atomic E-state index is 14.0. The molecule has 3 amide bonds. The number of hydrogen-bond donors (Lipinski definition) is 1. The van der Waals surface area contributed by atoms with Gasteiger partial charge in [-0.25, -0.2) is 4.79 Å². The molecule has 0 radical (unpaired) electrons. The Balaban J connectivity index is 1.70. The zero-order valence-corrected chi connectivity index (χ0v) is 31.0. The Kier molecular flexibility index (Phi) is 16.2. The van der Waals surface area contributed by atoms with Gasteiger partial charge in [-0.15, -0.1) is 0 Å². The summed E-state index contributed by atoms with van der Waals surface area (Å²) in [5, 5.41) is 2.76. The smallest absolute Gasteiger partial charge is 0.408 e. The molecule has 1 saturated heterocycles. The van der Waals surface area contributed by atoms with Gasteiger partial charge in [0.25, 0.3) is 0 Å². The third kappa shape index (κ3) is 11.0. The molecule has 1 aliphatic heterocycles. The highest BCUT2D eigenvalue weighted by Gasteiger charge is 2.43. The quantitative estimate of drug-likeness (QED) is 0.200. The van der Waals surface area contributed by atoms with E-state index in [1.54, 1.807) is 38.0 Å². The molecule has 1 N–H and O–H groups in total. The summed E-state index contributed by atoms with van der Waals surface area (Å²) in [6.07, 6.45) is 0.360. The molecule has 2 aromatic carbocycles. The van der Waals surface area contributed by atoms with Crippen LogP contribution in [-0.4, -0.2) is 91.8 Å². The Hall–Kier alpha value is -3.96. The number of amides is 3. The number of esters is 1. The lowest BCUT2D eigenvalue weighted by molar-refractivity contribution is -0.158. The first-order valence-corrected chi connectivity index (χ1v) is 17.7. The molecule has 11 nitrogen and oxygen atoms in total. The van der Waals surface area contributed by atoms with Crippen LogP contribution in [0.1, 0.15) is 71.4 Å². The number of carbonyl (C=O) groups excluding carboxylic acids is 4. The first kappa shape index (κ1) is 40.5. The number of benzene rings is 2. The second-order valence-corrected chi connectivity index (χ2v) is 13.6. The van der Waals surface area contributed by atoms with Gasteiger partial charge >= 0.3 is 12.1 Å². The van der Waals surface area contributed by atoms with Gasteiger partial charge in [0.1, 0.15) is 19.3 Å². The average Bonchev–Trinajstić information content (AvgIpc) is 3.61. The molecule has 0 aliphatic carbocycles. The van der Waals surface area contributed by atoms with Crippen LogP contribution in [0.3, 0.4) is 0 Å². The minimum Gasteiger partial charge on any atom is -0.461 e. The van der Waals surface area contributed by atoms with Crippen molar-refractivity contribution in [3.63, 3.8) is 0 Å². The van der Waals surface area contributed by atoms with Crippen molar-refractivity contribution >= 4 is 23.9 Å². The second kappa shape index (κ2) is 20.0. The molecule has 0 spiro atoms. The molecule has 1 fully saturated rings. The number of likely N-dealkylation sites (N-methyl/N-ethyl adjacent to an activating group) is 1. The topological polar surface area (TPSA) is 124 Å². The van der Waals surface area contributed by atoms with Gasteiger partial charge in [-0.2, -0.15) is 0 Å². The highest BCUT2D eigenvalue weighted by Crippen LogP contribution is 2.30. The minimum absolute atomic E-state index is 0.0277. The third-order valence-corrected chi connectivity index (χ3v) is 9.86. The van der Waals surface area contributed by atoms with Crippen LogP contribution < -0.4 is 5.32 Å². The van der Waals surface area contributed by atoms with Gasteiger partial charge in [0.15, 0.2) is 0 Å². The SMILES string of the molecule is CC[C@H](C)[C@@H]([C@@H](CC(=O)N1CCC[C@H]1[C@H](OC)[C@@H](C)C(=O)OCc1ccccc1)OC)N(C)C(=O)[C@@H](NC(=O)OCc1ccccc1)C(C)C. The zero-order chi connectivity index (χ0) is 36.8. The lowest BCUT2D eigenvalue weighted by atomic mass is 9.89. The Bertz CT molecular complexity index is 1360. The fourth-order valence-electron chi connectivity index (χ4n) is 6.78. The van der Waals surface area contributed by atoms with Crippen molar-refractivity contribution in [2.24, 2.45) is 17.8 Å². The molecule has 11 heteroatoms. The number of ether oxygens (including phenoxy) is 4. The van der Waals surface area contributed by atoms with Crippen molar-refractivity contribution in [2.45, 2.75) is 104 Å². The number of nitrogens with one attached hydrogen (secondary N) is 1. The Morgan fingerprint density at radius 2 is 1.46 bits per heavy atom. The largest absolute Gasteiger partial charge is 0.461 e. The van der Waals surface area contributed by atoms with Gasteiger partial charge in [0.05, 0.1) is 36.6 Å². The molecule has 50 heavy (non-hydrogen) atoms.